The Labute approximate surface area is 172 Å². The Morgan fingerprint density at radius 2 is 2.03 bits per heavy atom. The molecule has 3 aromatic rings. The summed E-state index contributed by atoms with van der Waals surface area (Å²) in [7, 11) is -2.51. The Hall–Kier alpha value is -3.60. The summed E-state index contributed by atoms with van der Waals surface area (Å²) in [6.45, 7) is 1.49. The molecule has 0 unspecified atom stereocenters. The van der Waals surface area contributed by atoms with Gasteiger partial charge in [0.15, 0.2) is 12.4 Å². The standard InChI is InChI=1S/C19H18N4O6S/c1-12-20-18(21-29-12)10-23-15-9-13(7-8-17(15)28-11-19(23)24)30(25,26)22-14-5-3-4-6-16(14)27-2/h3-9,22H,10-11H2,1-2H3. The summed E-state index contributed by atoms with van der Waals surface area (Å²) in [5.74, 6) is 1.08. The number of anilines is 2. The number of ether oxygens (including phenoxy) is 2. The highest BCUT2D eigenvalue weighted by atomic mass is 32.2. The normalized spacial score (nSPS) is 13.5. The van der Waals surface area contributed by atoms with Gasteiger partial charge in [0.1, 0.15) is 11.5 Å². The third-order valence-corrected chi connectivity index (χ3v) is 5.77. The lowest BCUT2D eigenvalue weighted by Crippen LogP contribution is -2.38. The van der Waals surface area contributed by atoms with Crippen LogP contribution in [0.2, 0.25) is 0 Å². The summed E-state index contributed by atoms with van der Waals surface area (Å²) in [4.78, 5) is 17.9. The van der Waals surface area contributed by atoms with Gasteiger partial charge in [-0.25, -0.2) is 8.42 Å². The molecule has 1 amide bonds. The summed E-state index contributed by atoms with van der Waals surface area (Å²) in [5, 5.41) is 3.80. The highest BCUT2D eigenvalue weighted by Crippen LogP contribution is 2.36. The maximum absolute atomic E-state index is 13.0. The van der Waals surface area contributed by atoms with Gasteiger partial charge in [-0.3, -0.25) is 14.4 Å². The van der Waals surface area contributed by atoms with E-state index in [0.717, 1.165) is 0 Å². The second kappa shape index (κ2) is 7.67. The lowest BCUT2D eigenvalue weighted by molar-refractivity contribution is -0.121. The molecular weight excluding hydrogens is 412 g/mol. The van der Waals surface area contributed by atoms with Crippen molar-refractivity contribution in [2.24, 2.45) is 0 Å². The van der Waals surface area contributed by atoms with Gasteiger partial charge < -0.3 is 14.0 Å². The predicted octanol–water partition coefficient (Wildman–Crippen LogP) is 2.11. The van der Waals surface area contributed by atoms with E-state index < -0.39 is 10.0 Å². The monoisotopic (exact) mass is 430 g/mol. The number of rotatable bonds is 6. The number of hydrogen-bond acceptors (Lipinski definition) is 8. The maximum Gasteiger partial charge on any atom is 0.265 e. The van der Waals surface area contributed by atoms with Gasteiger partial charge in [-0.05, 0) is 30.3 Å². The Morgan fingerprint density at radius 1 is 1.23 bits per heavy atom. The molecule has 1 aliphatic rings. The molecule has 0 saturated heterocycles. The maximum atomic E-state index is 13.0. The molecule has 0 fully saturated rings. The summed E-state index contributed by atoms with van der Waals surface area (Å²) in [6, 6.07) is 10.9. The van der Waals surface area contributed by atoms with E-state index in [1.165, 1.54) is 30.2 Å². The molecule has 156 valence electrons. The molecule has 2 heterocycles. The number of hydrogen-bond donors (Lipinski definition) is 1. The molecule has 0 aliphatic carbocycles. The van der Waals surface area contributed by atoms with Crippen LogP contribution in [-0.2, 0) is 21.4 Å². The Balaban J connectivity index is 1.68. The van der Waals surface area contributed by atoms with Crippen molar-refractivity contribution in [3.8, 4) is 11.5 Å². The molecule has 0 bridgehead atoms. The van der Waals surface area contributed by atoms with Gasteiger partial charge in [-0.1, -0.05) is 17.3 Å². The SMILES string of the molecule is COc1ccccc1NS(=O)(=O)c1ccc2c(c1)N(Cc1noc(C)n1)C(=O)CO2. The van der Waals surface area contributed by atoms with Crippen molar-refractivity contribution in [2.45, 2.75) is 18.4 Å². The largest absolute Gasteiger partial charge is 0.495 e. The highest BCUT2D eigenvalue weighted by molar-refractivity contribution is 7.92. The molecule has 10 nitrogen and oxygen atoms in total. The molecule has 0 radical (unpaired) electrons. The van der Waals surface area contributed by atoms with Crippen LogP contribution in [0, 0.1) is 6.92 Å². The smallest absolute Gasteiger partial charge is 0.265 e. The number of benzene rings is 2. The number of nitrogens with zero attached hydrogens (tertiary/aromatic N) is 3. The van der Waals surface area contributed by atoms with E-state index in [2.05, 4.69) is 14.9 Å². The van der Waals surface area contributed by atoms with E-state index in [1.54, 1.807) is 31.2 Å². The minimum absolute atomic E-state index is 0.0238. The fourth-order valence-corrected chi connectivity index (χ4v) is 4.09. The van der Waals surface area contributed by atoms with E-state index in [0.29, 0.717) is 34.6 Å². The van der Waals surface area contributed by atoms with Crippen molar-refractivity contribution in [1.82, 2.24) is 10.1 Å². The van der Waals surface area contributed by atoms with Crippen LogP contribution in [-0.4, -0.2) is 38.2 Å². The van der Waals surface area contributed by atoms with E-state index in [1.807, 2.05) is 0 Å². The van der Waals surface area contributed by atoms with Crippen LogP contribution in [0.5, 0.6) is 11.5 Å². The topological polar surface area (TPSA) is 124 Å². The molecular formula is C19H18N4O6S. The van der Waals surface area contributed by atoms with Crippen LogP contribution in [0.3, 0.4) is 0 Å². The van der Waals surface area contributed by atoms with Crippen molar-refractivity contribution in [3.05, 3.63) is 54.2 Å². The van der Waals surface area contributed by atoms with E-state index in [-0.39, 0.29) is 24.0 Å². The minimum atomic E-state index is -3.96. The van der Waals surface area contributed by atoms with E-state index in [9.17, 15) is 13.2 Å². The molecule has 30 heavy (non-hydrogen) atoms. The molecule has 11 heteroatoms. The number of aryl methyl sites for hydroxylation is 1. The predicted molar refractivity (Wildman–Crippen MR) is 106 cm³/mol. The zero-order valence-electron chi connectivity index (χ0n) is 16.2. The number of aromatic nitrogens is 2. The number of para-hydroxylation sites is 2. The van der Waals surface area contributed by atoms with Gasteiger partial charge in [0.05, 0.1) is 29.9 Å². The van der Waals surface area contributed by atoms with Gasteiger partial charge in [-0.15, -0.1) is 0 Å². The lowest BCUT2D eigenvalue weighted by Gasteiger charge is -2.28. The third kappa shape index (κ3) is 3.79. The fourth-order valence-electron chi connectivity index (χ4n) is 3.00. The van der Waals surface area contributed by atoms with Gasteiger partial charge >= 0.3 is 0 Å². The third-order valence-electron chi connectivity index (χ3n) is 4.40. The van der Waals surface area contributed by atoms with Crippen LogP contribution in [0.15, 0.2) is 51.9 Å². The zero-order chi connectivity index (χ0) is 21.3. The first-order valence-electron chi connectivity index (χ1n) is 8.89. The number of carbonyl (C=O) groups excluding carboxylic acids is 1. The number of carbonyl (C=O) groups is 1. The molecule has 4 rings (SSSR count). The molecule has 1 aromatic heterocycles. The summed E-state index contributed by atoms with van der Waals surface area (Å²) in [5.41, 5.74) is 0.598. The Morgan fingerprint density at radius 3 is 2.77 bits per heavy atom. The second-order valence-corrected chi connectivity index (χ2v) is 8.12. The lowest BCUT2D eigenvalue weighted by atomic mass is 10.2. The van der Waals surface area contributed by atoms with Crippen molar-refractivity contribution in [1.29, 1.82) is 0 Å². The van der Waals surface area contributed by atoms with Gasteiger partial charge in [-0.2, -0.15) is 4.98 Å². The van der Waals surface area contributed by atoms with Crippen LogP contribution >= 0.6 is 0 Å². The number of nitrogens with one attached hydrogen (secondary N) is 1. The van der Waals surface area contributed by atoms with Gasteiger partial charge in [0.25, 0.3) is 15.9 Å². The van der Waals surface area contributed by atoms with Crippen molar-refractivity contribution in [3.63, 3.8) is 0 Å². The van der Waals surface area contributed by atoms with Gasteiger partial charge in [0.2, 0.25) is 5.89 Å². The van der Waals surface area contributed by atoms with Crippen LogP contribution < -0.4 is 19.1 Å². The van der Waals surface area contributed by atoms with Crippen LogP contribution in [0.1, 0.15) is 11.7 Å². The van der Waals surface area contributed by atoms with Crippen LogP contribution in [0.25, 0.3) is 0 Å². The minimum Gasteiger partial charge on any atom is -0.495 e. The molecule has 0 atom stereocenters. The molecule has 0 spiro atoms. The molecule has 0 saturated carbocycles. The Kier molecular flexibility index (Phi) is 5.04. The molecule has 1 aliphatic heterocycles. The number of amides is 1. The summed E-state index contributed by atoms with van der Waals surface area (Å²) in [6.07, 6.45) is 0. The zero-order valence-corrected chi connectivity index (χ0v) is 17.0. The number of fused-ring (bicyclic) bond motifs is 1. The van der Waals surface area contributed by atoms with Gasteiger partial charge in [0, 0.05) is 6.92 Å². The quantitative estimate of drug-likeness (QED) is 0.631. The van der Waals surface area contributed by atoms with Crippen molar-refractivity contribution >= 4 is 27.3 Å². The van der Waals surface area contributed by atoms with E-state index in [4.69, 9.17) is 14.0 Å². The number of methoxy groups -OCH3 is 1. The van der Waals surface area contributed by atoms with Crippen LogP contribution in [0.4, 0.5) is 11.4 Å². The first kappa shape index (κ1) is 19.7. The average molecular weight is 430 g/mol. The fraction of sp³-hybridized carbons (Fsp3) is 0.211. The first-order valence-corrected chi connectivity index (χ1v) is 10.4. The summed E-state index contributed by atoms with van der Waals surface area (Å²) < 4.78 is 44.0. The van der Waals surface area contributed by atoms with E-state index >= 15 is 0 Å². The summed E-state index contributed by atoms with van der Waals surface area (Å²) >= 11 is 0. The Bertz CT molecular complexity index is 1210. The second-order valence-electron chi connectivity index (χ2n) is 6.43. The van der Waals surface area contributed by atoms with Crippen molar-refractivity contribution in [2.75, 3.05) is 23.3 Å². The first-order chi connectivity index (χ1) is 14.4. The number of sulfonamides is 1. The molecule has 2 aromatic carbocycles. The average Bonchev–Trinajstić information content (AvgIpc) is 3.14. The highest BCUT2D eigenvalue weighted by Gasteiger charge is 2.29. The van der Waals surface area contributed by atoms with Crippen molar-refractivity contribution < 1.29 is 27.2 Å². The molecule has 1 N–H and O–H groups in total.